The van der Waals surface area contributed by atoms with Gasteiger partial charge >= 0.3 is 0 Å². The van der Waals surface area contributed by atoms with E-state index in [1.165, 1.54) is 6.26 Å². The molecule has 1 fully saturated rings. The molecule has 1 saturated heterocycles. The number of rotatable bonds is 2. The van der Waals surface area contributed by atoms with Crippen molar-refractivity contribution in [3.05, 3.63) is 24.2 Å². The largest absolute Gasteiger partial charge is 0.459 e. The lowest BCUT2D eigenvalue weighted by atomic mass is 10.2. The Bertz CT molecular complexity index is 413. The van der Waals surface area contributed by atoms with Gasteiger partial charge < -0.3 is 9.32 Å². The summed E-state index contributed by atoms with van der Waals surface area (Å²) in [6.45, 7) is 4.64. The van der Waals surface area contributed by atoms with Crippen molar-refractivity contribution < 1.29 is 9.21 Å². The second-order valence-corrected chi connectivity index (χ2v) is 4.11. The molecule has 1 aliphatic rings. The normalized spacial score (nSPS) is 18.7. The van der Waals surface area contributed by atoms with E-state index in [0.717, 1.165) is 13.1 Å². The molecule has 1 aromatic heterocycles. The van der Waals surface area contributed by atoms with Gasteiger partial charge in [0.2, 0.25) is 0 Å². The number of nitriles is 1. The zero-order chi connectivity index (χ0) is 12.3. The minimum Gasteiger partial charge on any atom is -0.459 e. The molecule has 1 atom stereocenters. The van der Waals surface area contributed by atoms with Gasteiger partial charge in [-0.05, 0) is 19.1 Å². The maximum absolute atomic E-state index is 12.0. The van der Waals surface area contributed by atoms with Crippen molar-refractivity contribution in [2.45, 2.75) is 13.0 Å². The van der Waals surface area contributed by atoms with Crippen LogP contribution in [0, 0.1) is 11.3 Å². The van der Waals surface area contributed by atoms with Gasteiger partial charge in [0.1, 0.15) is 0 Å². The topological polar surface area (TPSA) is 60.5 Å². The van der Waals surface area contributed by atoms with Crippen LogP contribution in [0.25, 0.3) is 0 Å². The predicted octanol–water partition coefficient (Wildman–Crippen LogP) is 0.949. The maximum atomic E-state index is 12.0. The molecule has 0 saturated carbocycles. The number of hydrogen-bond acceptors (Lipinski definition) is 4. The molecular formula is C12H15N3O2. The summed E-state index contributed by atoms with van der Waals surface area (Å²) in [5, 5.41) is 8.83. The number of carbonyl (C=O) groups is 1. The highest BCUT2D eigenvalue weighted by Gasteiger charge is 2.25. The maximum Gasteiger partial charge on any atom is 0.289 e. The number of carbonyl (C=O) groups excluding carboxylic acids is 1. The van der Waals surface area contributed by atoms with E-state index in [1.807, 2.05) is 6.92 Å². The molecule has 1 unspecified atom stereocenters. The molecular weight excluding hydrogens is 218 g/mol. The summed E-state index contributed by atoms with van der Waals surface area (Å²) < 4.78 is 5.09. The van der Waals surface area contributed by atoms with Crippen LogP contribution >= 0.6 is 0 Å². The number of hydrogen-bond donors (Lipinski definition) is 0. The fourth-order valence-electron chi connectivity index (χ4n) is 1.95. The van der Waals surface area contributed by atoms with E-state index >= 15 is 0 Å². The highest BCUT2D eigenvalue weighted by molar-refractivity contribution is 5.91. The molecule has 0 spiro atoms. The summed E-state index contributed by atoms with van der Waals surface area (Å²) in [7, 11) is 0. The van der Waals surface area contributed by atoms with E-state index in [4.69, 9.17) is 9.68 Å². The summed E-state index contributed by atoms with van der Waals surface area (Å²) >= 11 is 0. The minimum absolute atomic E-state index is 0.0701. The average molecular weight is 233 g/mol. The van der Waals surface area contributed by atoms with Crippen LogP contribution in [0.3, 0.4) is 0 Å². The van der Waals surface area contributed by atoms with Crippen LogP contribution < -0.4 is 0 Å². The summed E-state index contributed by atoms with van der Waals surface area (Å²) in [4.78, 5) is 15.8. The second kappa shape index (κ2) is 5.02. The molecule has 1 aliphatic heterocycles. The third-order valence-electron chi connectivity index (χ3n) is 3.07. The van der Waals surface area contributed by atoms with Crippen LogP contribution in [-0.2, 0) is 0 Å². The molecule has 2 rings (SSSR count). The molecule has 0 bridgehead atoms. The van der Waals surface area contributed by atoms with Crippen molar-refractivity contribution >= 4 is 5.91 Å². The predicted molar refractivity (Wildman–Crippen MR) is 61.3 cm³/mol. The zero-order valence-corrected chi connectivity index (χ0v) is 9.80. The average Bonchev–Trinajstić information content (AvgIpc) is 2.91. The Hall–Kier alpha value is -1.80. The smallest absolute Gasteiger partial charge is 0.289 e. The number of piperazine rings is 1. The summed E-state index contributed by atoms with van der Waals surface area (Å²) in [6, 6.07) is 5.51. The van der Waals surface area contributed by atoms with Gasteiger partial charge in [-0.1, -0.05) is 0 Å². The van der Waals surface area contributed by atoms with E-state index in [1.54, 1.807) is 17.0 Å². The van der Waals surface area contributed by atoms with Gasteiger partial charge in [-0.3, -0.25) is 9.69 Å². The van der Waals surface area contributed by atoms with Crippen molar-refractivity contribution in [1.82, 2.24) is 9.80 Å². The fraction of sp³-hybridized carbons (Fsp3) is 0.500. The molecule has 1 amide bonds. The van der Waals surface area contributed by atoms with Crippen molar-refractivity contribution in [1.29, 1.82) is 5.26 Å². The Kier molecular flexibility index (Phi) is 3.45. The number of amides is 1. The van der Waals surface area contributed by atoms with E-state index in [2.05, 4.69) is 11.0 Å². The number of furan rings is 1. The van der Waals surface area contributed by atoms with E-state index in [-0.39, 0.29) is 11.9 Å². The Morgan fingerprint density at radius 3 is 2.71 bits per heavy atom. The molecule has 0 aromatic carbocycles. The Morgan fingerprint density at radius 2 is 2.18 bits per heavy atom. The monoisotopic (exact) mass is 233 g/mol. The van der Waals surface area contributed by atoms with E-state index in [9.17, 15) is 4.79 Å². The highest BCUT2D eigenvalue weighted by atomic mass is 16.3. The zero-order valence-electron chi connectivity index (χ0n) is 9.80. The van der Waals surface area contributed by atoms with Gasteiger partial charge in [-0.15, -0.1) is 0 Å². The first-order valence-corrected chi connectivity index (χ1v) is 5.69. The van der Waals surface area contributed by atoms with Crippen LogP contribution in [0.2, 0.25) is 0 Å². The third kappa shape index (κ3) is 2.48. The van der Waals surface area contributed by atoms with Crippen molar-refractivity contribution in [3.8, 4) is 6.07 Å². The highest BCUT2D eigenvalue weighted by Crippen LogP contribution is 2.10. The van der Waals surface area contributed by atoms with Crippen LogP contribution in [0.1, 0.15) is 17.5 Å². The SMILES string of the molecule is CC(C#N)N1CCN(C(=O)c2ccco2)CC1. The summed E-state index contributed by atoms with van der Waals surface area (Å²) in [6.07, 6.45) is 1.50. The first kappa shape index (κ1) is 11.7. The molecule has 5 heteroatoms. The van der Waals surface area contributed by atoms with Gasteiger partial charge in [0.25, 0.3) is 5.91 Å². The molecule has 0 N–H and O–H groups in total. The molecule has 2 heterocycles. The van der Waals surface area contributed by atoms with Crippen molar-refractivity contribution in [2.75, 3.05) is 26.2 Å². The lowest BCUT2D eigenvalue weighted by Gasteiger charge is -2.35. The fourth-order valence-corrected chi connectivity index (χ4v) is 1.95. The van der Waals surface area contributed by atoms with Gasteiger partial charge in [-0.2, -0.15) is 5.26 Å². The van der Waals surface area contributed by atoms with E-state index in [0.29, 0.717) is 18.8 Å². The Morgan fingerprint density at radius 1 is 1.47 bits per heavy atom. The third-order valence-corrected chi connectivity index (χ3v) is 3.07. The minimum atomic E-state index is -0.0872. The molecule has 17 heavy (non-hydrogen) atoms. The molecule has 5 nitrogen and oxygen atoms in total. The second-order valence-electron chi connectivity index (χ2n) is 4.11. The summed E-state index contributed by atoms with van der Waals surface area (Å²) in [5.41, 5.74) is 0. The van der Waals surface area contributed by atoms with Gasteiger partial charge in [0.15, 0.2) is 5.76 Å². The lowest BCUT2D eigenvalue weighted by Crippen LogP contribution is -2.51. The van der Waals surface area contributed by atoms with Crippen LogP contribution in [0.5, 0.6) is 0 Å². The van der Waals surface area contributed by atoms with Gasteiger partial charge in [-0.25, -0.2) is 0 Å². The quantitative estimate of drug-likeness (QED) is 0.763. The molecule has 0 aliphatic carbocycles. The van der Waals surface area contributed by atoms with Crippen molar-refractivity contribution in [3.63, 3.8) is 0 Å². The Balaban J connectivity index is 1.92. The number of nitrogens with zero attached hydrogens (tertiary/aromatic N) is 3. The lowest BCUT2D eigenvalue weighted by molar-refractivity contribution is 0.0585. The van der Waals surface area contributed by atoms with Gasteiger partial charge in [0.05, 0.1) is 18.4 Å². The van der Waals surface area contributed by atoms with Crippen LogP contribution in [0.15, 0.2) is 22.8 Å². The van der Waals surface area contributed by atoms with E-state index < -0.39 is 0 Å². The summed E-state index contributed by atoms with van der Waals surface area (Å²) in [5.74, 6) is 0.311. The molecule has 0 radical (unpaired) electrons. The first-order valence-electron chi connectivity index (χ1n) is 5.69. The molecule has 1 aromatic rings. The first-order chi connectivity index (χ1) is 8.22. The molecule has 90 valence electrons. The standard InChI is InChI=1S/C12H15N3O2/c1-10(9-13)14-4-6-15(7-5-14)12(16)11-3-2-8-17-11/h2-3,8,10H,4-7H2,1H3. The van der Waals surface area contributed by atoms with Crippen LogP contribution in [0.4, 0.5) is 0 Å². The van der Waals surface area contributed by atoms with Crippen LogP contribution in [-0.4, -0.2) is 47.9 Å². The Labute approximate surface area is 100 Å². The van der Waals surface area contributed by atoms with Crippen molar-refractivity contribution in [2.24, 2.45) is 0 Å². The van der Waals surface area contributed by atoms with Gasteiger partial charge in [0, 0.05) is 26.2 Å².